The van der Waals surface area contributed by atoms with Crippen LogP contribution in [0.4, 0.5) is 10.2 Å². The molecule has 0 spiro atoms. The summed E-state index contributed by atoms with van der Waals surface area (Å²) >= 11 is 9.45. The van der Waals surface area contributed by atoms with Crippen molar-refractivity contribution < 1.29 is 9.18 Å². The van der Waals surface area contributed by atoms with Crippen LogP contribution < -0.4 is 5.32 Å². The van der Waals surface area contributed by atoms with Gasteiger partial charge in [-0.1, -0.05) is 27.5 Å². The molecule has 1 saturated carbocycles. The van der Waals surface area contributed by atoms with Crippen LogP contribution in [-0.2, 0) is 4.79 Å². The van der Waals surface area contributed by atoms with E-state index in [9.17, 15) is 9.18 Å². The monoisotopic (exact) mass is 342 g/mol. The first-order valence-corrected chi connectivity index (χ1v) is 6.91. The number of carbonyl (C=O) groups excluding carboxylic acids is 1. The SMILES string of the molecule is O=C(Nc1cc2cc(Br)cc(Cl)c2cn1)[C@@H]1C[C@@H]1F. The van der Waals surface area contributed by atoms with Crippen LogP contribution in [0, 0.1) is 5.92 Å². The molecule has 0 radical (unpaired) electrons. The highest BCUT2D eigenvalue weighted by Crippen LogP contribution is 2.35. The Morgan fingerprint density at radius 2 is 2.21 bits per heavy atom. The summed E-state index contributed by atoms with van der Waals surface area (Å²) in [5.41, 5.74) is 0. The van der Waals surface area contributed by atoms with Gasteiger partial charge in [-0.25, -0.2) is 9.37 Å². The Morgan fingerprint density at radius 3 is 2.89 bits per heavy atom. The van der Waals surface area contributed by atoms with E-state index >= 15 is 0 Å². The first-order valence-electron chi connectivity index (χ1n) is 5.74. The average Bonchev–Trinajstić information content (AvgIpc) is 3.05. The van der Waals surface area contributed by atoms with Crippen molar-refractivity contribution in [3.8, 4) is 0 Å². The lowest BCUT2D eigenvalue weighted by atomic mass is 10.2. The van der Waals surface area contributed by atoms with Crippen LogP contribution in [0.25, 0.3) is 10.8 Å². The van der Waals surface area contributed by atoms with Gasteiger partial charge in [0.2, 0.25) is 5.91 Å². The topological polar surface area (TPSA) is 42.0 Å². The van der Waals surface area contributed by atoms with Crippen molar-refractivity contribution in [1.82, 2.24) is 4.98 Å². The van der Waals surface area contributed by atoms with Crippen molar-refractivity contribution in [2.24, 2.45) is 5.92 Å². The normalized spacial score (nSPS) is 21.4. The number of hydrogen-bond donors (Lipinski definition) is 1. The summed E-state index contributed by atoms with van der Waals surface area (Å²) in [5.74, 6) is -0.435. The summed E-state index contributed by atoms with van der Waals surface area (Å²) in [6, 6.07) is 5.38. The third kappa shape index (κ3) is 2.58. The lowest BCUT2D eigenvalue weighted by molar-refractivity contribution is -0.117. The number of carbonyl (C=O) groups is 1. The second-order valence-electron chi connectivity index (χ2n) is 4.53. The highest BCUT2D eigenvalue weighted by Gasteiger charge is 2.43. The fourth-order valence-electron chi connectivity index (χ4n) is 1.90. The van der Waals surface area contributed by atoms with E-state index in [4.69, 9.17) is 11.6 Å². The minimum atomic E-state index is -1.01. The predicted octanol–water partition coefficient (Wildman–Crippen LogP) is 3.95. The van der Waals surface area contributed by atoms with E-state index in [0.29, 0.717) is 17.3 Å². The molecule has 3 rings (SSSR count). The second-order valence-corrected chi connectivity index (χ2v) is 5.85. The Morgan fingerprint density at radius 1 is 1.47 bits per heavy atom. The lowest BCUT2D eigenvalue weighted by Gasteiger charge is -2.06. The molecule has 3 nitrogen and oxygen atoms in total. The third-order valence-corrected chi connectivity index (χ3v) is 3.82. The minimum absolute atomic E-state index is 0.302. The van der Waals surface area contributed by atoms with Crippen molar-refractivity contribution in [3.63, 3.8) is 0 Å². The Balaban J connectivity index is 1.91. The molecule has 1 amide bonds. The van der Waals surface area contributed by atoms with E-state index in [1.165, 1.54) is 0 Å². The van der Waals surface area contributed by atoms with E-state index in [0.717, 1.165) is 15.2 Å². The Kier molecular flexibility index (Phi) is 3.19. The molecule has 1 aromatic heterocycles. The number of halogens is 3. The number of nitrogens with zero attached hydrogens (tertiary/aromatic N) is 1. The zero-order chi connectivity index (χ0) is 13.6. The molecule has 0 saturated heterocycles. The molecule has 1 fully saturated rings. The fourth-order valence-corrected chi connectivity index (χ4v) is 2.78. The predicted molar refractivity (Wildman–Crippen MR) is 76.1 cm³/mol. The standard InChI is InChI=1S/C13H9BrClFN2O/c14-7-1-6-2-12(17-5-9(6)10(15)3-7)18-13(19)8-4-11(8)16/h1-3,5,8,11H,4H2,(H,17,18,19)/t8-,11+/m1/s1. The van der Waals surface area contributed by atoms with Crippen LogP contribution in [0.3, 0.4) is 0 Å². The van der Waals surface area contributed by atoms with Crippen LogP contribution in [0.5, 0.6) is 0 Å². The van der Waals surface area contributed by atoms with Crippen molar-refractivity contribution in [3.05, 3.63) is 33.9 Å². The lowest BCUT2D eigenvalue weighted by Crippen LogP contribution is -2.15. The summed E-state index contributed by atoms with van der Waals surface area (Å²) in [6.07, 6.45) is 0.889. The van der Waals surface area contributed by atoms with E-state index in [-0.39, 0.29) is 5.91 Å². The van der Waals surface area contributed by atoms with Crippen LogP contribution >= 0.6 is 27.5 Å². The Bertz CT molecular complexity index is 679. The molecule has 1 N–H and O–H groups in total. The van der Waals surface area contributed by atoms with Crippen LogP contribution in [0.15, 0.2) is 28.9 Å². The summed E-state index contributed by atoms with van der Waals surface area (Å²) in [4.78, 5) is 15.7. The number of aromatic nitrogens is 1. The number of anilines is 1. The van der Waals surface area contributed by atoms with E-state index in [1.54, 1.807) is 18.3 Å². The smallest absolute Gasteiger partial charge is 0.231 e. The number of benzene rings is 1. The van der Waals surface area contributed by atoms with Crippen molar-refractivity contribution in [1.29, 1.82) is 0 Å². The van der Waals surface area contributed by atoms with Gasteiger partial charge in [0.05, 0.1) is 10.9 Å². The van der Waals surface area contributed by atoms with Gasteiger partial charge >= 0.3 is 0 Å². The molecule has 98 valence electrons. The highest BCUT2D eigenvalue weighted by atomic mass is 79.9. The number of pyridine rings is 1. The van der Waals surface area contributed by atoms with Gasteiger partial charge in [-0.15, -0.1) is 0 Å². The van der Waals surface area contributed by atoms with Gasteiger partial charge in [-0.2, -0.15) is 0 Å². The van der Waals surface area contributed by atoms with E-state index in [1.807, 2.05) is 6.07 Å². The summed E-state index contributed by atoms with van der Waals surface area (Å²) in [5, 5.41) is 4.86. The molecule has 2 atom stereocenters. The molecule has 0 bridgehead atoms. The number of nitrogens with one attached hydrogen (secondary N) is 1. The zero-order valence-corrected chi connectivity index (χ0v) is 12.0. The second kappa shape index (κ2) is 4.72. The molecule has 19 heavy (non-hydrogen) atoms. The van der Waals surface area contributed by atoms with Crippen LogP contribution in [0.1, 0.15) is 6.42 Å². The number of fused-ring (bicyclic) bond motifs is 1. The number of alkyl halides is 1. The molecule has 0 aliphatic heterocycles. The van der Waals surface area contributed by atoms with E-state index < -0.39 is 12.1 Å². The maximum Gasteiger partial charge on any atom is 0.231 e. The van der Waals surface area contributed by atoms with Gasteiger partial charge in [-0.05, 0) is 30.0 Å². The Labute approximate surface area is 122 Å². The summed E-state index contributed by atoms with van der Waals surface area (Å²) in [6.45, 7) is 0. The van der Waals surface area contributed by atoms with Gasteiger partial charge in [0, 0.05) is 16.1 Å². The van der Waals surface area contributed by atoms with Gasteiger partial charge in [0.25, 0.3) is 0 Å². The number of amides is 1. The molecular formula is C13H9BrClFN2O. The van der Waals surface area contributed by atoms with Crippen LogP contribution in [-0.4, -0.2) is 17.1 Å². The summed E-state index contributed by atoms with van der Waals surface area (Å²) in [7, 11) is 0. The first-order chi connectivity index (χ1) is 9.04. The molecule has 1 aliphatic carbocycles. The Hall–Kier alpha value is -1.20. The average molecular weight is 344 g/mol. The van der Waals surface area contributed by atoms with Gasteiger partial charge in [0.15, 0.2) is 0 Å². The van der Waals surface area contributed by atoms with Crippen molar-refractivity contribution >= 4 is 50.0 Å². The minimum Gasteiger partial charge on any atom is -0.310 e. The highest BCUT2D eigenvalue weighted by molar-refractivity contribution is 9.10. The van der Waals surface area contributed by atoms with Crippen molar-refractivity contribution in [2.75, 3.05) is 5.32 Å². The molecule has 1 aromatic carbocycles. The summed E-state index contributed by atoms with van der Waals surface area (Å²) < 4.78 is 13.6. The first kappa shape index (κ1) is 12.8. The molecule has 1 heterocycles. The van der Waals surface area contributed by atoms with Gasteiger partial charge in [-0.3, -0.25) is 4.79 Å². The maximum absolute atomic E-state index is 12.8. The van der Waals surface area contributed by atoms with Crippen molar-refractivity contribution in [2.45, 2.75) is 12.6 Å². The largest absolute Gasteiger partial charge is 0.310 e. The molecule has 1 aliphatic rings. The molecule has 2 aromatic rings. The fraction of sp³-hybridized carbons (Fsp3) is 0.231. The van der Waals surface area contributed by atoms with Gasteiger partial charge in [0.1, 0.15) is 12.0 Å². The van der Waals surface area contributed by atoms with Crippen LogP contribution in [0.2, 0.25) is 5.02 Å². The number of rotatable bonds is 2. The zero-order valence-electron chi connectivity index (χ0n) is 9.66. The molecular weight excluding hydrogens is 335 g/mol. The molecule has 6 heteroatoms. The van der Waals surface area contributed by atoms with Gasteiger partial charge < -0.3 is 5.32 Å². The molecule has 0 unspecified atom stereocenters. The number of hydrogen-bond acceptors (Lipinski definition) is 2. The quantitative estimate of drug-likeness (QED) is 0.897. The third-order valence-electron chi connectivity index (χ3n) is 3.05. The van der Waals surface area contributed by atoms with E-state index in [2.05, 4.69) is 26.2 Å². The maximum atomic E-state index is 12.8.